The zero-order chi connectivity index (χ0) is 22.0. The van der Waals surface area contributed by atoms with Crippen LogP contribution in [0.4, 0.5) is 17.2 Å². The van der Waals surface area contributed by atoms with E-state index >= 15 is 0 Å². The van der Waals surface area contributed by atoms with Crippen molar-refractivity contribution < 1.29 is 9.53 Å². The van der Waals surface area contributed by atoms with Crippen LogP contribution in [-0.4, -0.2) is 28.2 Å². The topological polar surface area (TPSA) is 91.9 Å². The molecule has 0 radical (unpaired) electrons. The maximum Gasteiger partial charge on any atom is 0.259 e. The molecule has 0 aliphatic rings. The van der Waals surface area contributed by atoms with Gasteiger partial charge in [-0.1, -0.05) is 26.8 Å². The molecule has 4 aromatic rings. The van der Waals surface area contributed by atoms with Gasteiger partial charge < -0.3 is 15.4 Å². The van der Waals surface area contributed by atoms with Crippen molar-refractivity contribution in [3.8, 4) is 5.75 Å². The van der Waals surface area contributed by atoms with E-state index in [1.54, 1.807) is 31.6 Å². The largest absolute Gasteiger partial charge is 0.495 e. The Morgan fingerprint density at radius 2 is 1.94 bits per heavy atom. The van der Waals surface area contributed by atoms with Crippen molar-refractivity contribution in [2.24, 2.45) is 0 Å². The van der Waals surface area contributed by atoms with Gasteiger partial charge in [0.2, 0.25) is 0 Å². The van der Waals surface area contributed by atoms with Crippen molar-refractivity contribution in [3.63, 3.8) is 0 Å². The number of hydrogen-bond acceptors (Lipinski definition) is 5. The molecule has 158 valence electrons. The second kappa shape index (κ2) is 8.10. The average molecular weight is 415 g/mol. The molecule has 2 heterocycles. The van der Waals surface area contributed by atoms with Gasteiger partial charge in [0.1, 0.15) is 11.6 Å². The molecule has 0 unspecified atom stereocenters. The number of nitrogens with zero attached hydrogens (tertiary/aromatic N) is 2. The highest BCUT2D eigenvalue weighted by molar-refractivity contribution is 6.08. The summed E-state index contributed by atoms with van der Waals surface area (Å²) in [6.45, 7) is 6.38. The Bertz CT molecular complexity index is 1240. The molecule has 4 rings (SSSR count). The standard InChI is InChI=1S/C24H25N5O2/c1-24(2,3)16-8-10-21(31-4)20(12-16)28-23(30)18-6-5-11-25-22(18)27-17-9-7-15-14-26-29-19(15)13-17/h5-14H,1-4H3,(H,25,27)(H,26,29)(H,28,30). The third-order valence-corrected chi connectivity index (χ3v) is 5.07. The molecular formula is C24H25N5O2. The van der Waals surface area contributed by atoms with Crippen LogP contribution in [-0.2, 0) is 5.41 Å². The number of carbonyl (C=O) groups is 1. The summed E-state index contributed by atoms with van der Waals surface area (Å²) in [6, 6.07) is 15.1. The van der Waals surface area contributed by atoms with Crippen molar-refractivity contribution in [2.75, 3.05) is 17.7 Å². The number of rotatable bonds is 5. The molecule has 0 bridgehead atoms. The maximum atomic E-state index is 13.2. The summed E-state index contributed by atoms with van der Waals surface area (Å²) in [6.07, 6.45) is 3.41. The normalized spacial score (nSPS) is 11.4. The SMILES string of the molecule is COc1ccc(C(C)(C)C)cc1NC(=O)c1cccnc1Nc1ccc2cn[nH]c2c1. The second-order valence-electron chi connectivity index (χ2n) is 8.32. The highest BCUT2D eigenvalue weighted by Gasteiger charge is 2.19. The number of aromatic nitrogens is 3. The predicted octanol–water partition coefficient (Wildman–Crippen LogP) is 5.26. The van der Waals surface area contributed by atoms with Crippen molar-refractivity contribution in [2.45, 2.75) is 26.2 Å². The van der Waals surface area contributed by atoms with Crippen LogP contribution in [0.5, 0.6) is 5.75 Å². The van der Waals surface area contributed by atoms with Gasteiger partial charge in [-0.15, -0.1) is 0 Å². The van der Waals surface area contributed by atoms with E-state index in [4.69, 9.17) is 4.74 Å². The first kappa shape index (κ1) is 20.4. The number of ether oxygens (including phenoxy) is 1. The molecule has 0 fully saturated rings. The van der Waals surface area contributed by atoms with E-state index in [2.05, 4.69) is 46.6 Å². The molecule has 0 aliphatic carbocycles. The third kappa shape index (κ3) is 4.35. The van der Waals surface area contributed by atoms with Crippen molar-refractivity contribution in [1.82, 2.24) is 15.2 Å². The minimum atomic E-state index is -0.275. The number of hydrogen-bond donors (Lipinski definition) is 3. The van der Waals surface area contributed by atoms with Crippen LogP contribution in [0.15, 0.2) is 60.9 Å². The molecule has 0 spiro atoms. The van der Waals surface area contributed by atoms with Crippen LogP contribution in [0.25, 0.3) is 10.9 Å². The molecule has 2 aromatic carbocycles. The van der Waals surface area contributed by atoms with Gasteiger partial charge in [0, 0.05) is 17.3 Å². The van der Waals surface area contributed by atoms with E-state index < -0.39 is 0 Å². The highest BCUT2D eigenvalue weighted by atomic mass is 16.5. The van der Waals surface area contributed by atoms with E-state index in [9.17, 15) is 4.79 Å². The number of H-pyrrole nitrogens is 1. The third-order valence-electron chi connectivity index (χ3n) is 5.07. The quantitative estimate of drug-likeness (QED) is 0.413. The van der Waals surface area contributed by atoms with Crippen LogP contribution < -0.4 is 15.4 Å². The Kier molecular flexibility index (Phi) is 5.33. The number of aromatic amines is 1. The summed E-state index contributed by atoms with van der Waals surface area (Å²) in [5.41, 5.74) is 3.79. The zero-order valence-electron chi connectivity index (χ0n) is 18.0. The number of pyridine rings is 1. The van der Waals surface area contributed by atoms with Gasteiger partial charge in [-0.25, -0.2) is 4.98 Å². The number of nitrogens with one attached hydrogen (secondary N) is 3. The summed E-state index contributed by atoms with van der Waals surface area (Å²) in [5, 5.41) is 14.2. The Labute approximate surface area is 180 Å². The van der Waals surface area contributed by atoms with Gasteiger partial charge in [0.15, 0.2) is 0 Å². The number of anilines is 3. The summed E-state index contributed by atoms with van der Waals surface area (Å²) < 4.78 is 5.45. The molecule has 0 atom stereocenters. The lowest BCUT2D eigenvalue weighted by Crippen LogP contribution is -2.17. The summed E-state index contributed by atoms with van der Waals surface area (Å²) in [4.78, 5) is 17.5. The van der Waals surface area contributed by atoms with Crippen LogP contribution in [0.3, 0.4) is 0 Å². The van der Waals surface area contributed by atoms with Gasteiger partial charge in [0.05, 0.1) is 30.1 Å². The Morgan fingerprint density at radius 3 is 2.71 bits per heavy atom. The average Bonchev–Trinajstić information content (AvgIpc) is 3.21. The van der Waals surface area contributed by atoms with E-state index in [1.165, 1.54) is 0 Å². The van der Waals surface area contributed by atoms with Gasteiger partial charge in [-0.3, -0.25) is 9.89 Å². The summed E-state index contributed by atoms with van der Waals surface area (Å²) >= 11 is 0. The van der Waals surface area contributed by atoms with Gasteiger partial charge in [0.25, 0.3) is 5.91 Å². The molecule has 2 aromatic heterocycles. The molecule has 7 nitrogen and oxygen atoms in total. The first-order chi connectivity index (χ1) is 14.8. The molecular weight excluding hydrogens is 390 g/mol. The van der Waals surface area contributed by atoms with Crippen molar-refractivity contribution >= 4 is 34.0 Å². The zero-order valence-corrected chi connectivity index (χ0v) is 18.0. The van der Waals surface area contributed by atoms with Gasteiger partial charge in [-0.05, 0) is 53.4 Å². The minimum Gasteiger partial charge on any atom is -0.495 e. The number of methoxy groups -OCH3 is 1. The number of fused-ring (bicyclic) bond motifs is 1. The predicted molar refractivity (Wildman–Crippen MR) is 123 cm³/mol. The summed E-state index contributed by atoms with van der Waals surface area (Å²) in [5.74, 6) is 0.789. The Hall–Kier alpha value is -3.87. The first-order valence-electron chi connectivity index (χ1n) is 10.0. The first-order valence-corrected chi connectivity index (χ1v) is 10.0. The van der Waals surface area contributed by atoms with Crippen LogP contribution in [0, 0.1) is 0 Å². The number of benzene rings is 2. The minimum absolute atomic E-state index is 0.0575. The molecule has 31 heavy (non-hydrogen) atoms. The monoisotopic (exact) mass is 415 g/mol. The van der Waals surface area contributed by atoms with Gasteiger partial charge >= 0.3 is 0 Å². The fraction of sp³-hybridized carbons (Fsp3) is 0.208. The van der Waals surface area contributed by atoms with Crippen LogP contribution in [0.1, 0.15) is 36.7 Å². The Morgan fingerprint density at radius 1 is 1.10 bits per heavy atom. The molecule has 3 N–H and O–H groups in total. The van der Waals surface area contributed by atoms with Crippen LogP contribution >= 0.6 is 0 Å². The molecule has 0 aliphatic heterocycles. The highest BCUT2D eigenvalue weighted by Crippen LogP contribution is 2.32. The summed E-state index contributed by atoms with van der Waals surface area (Å²) in [7, 11) is 1.59. The number of amides is 1. The Balaban J connectivity index is 1.62. The molecule has 1 amide bonds. The van der Waals surface area contributed by atoms with E-state index in [0.29, 0.717) is 22.8 Å². The lowest BCUT2D eigenvalue weighted by Gasteiger charge is -2.21. The molecule has 7 heteroatoms. The molecule has 0 saturated heterocycles. The second-order valence-corrected chi connectivity index (χ2v) is 8.32. The van der Waals surface area contributed by atoms with Crippen molar-refractivity contribution in [1.29, 1.82) is 0 Å². The van der Waals surface area contributed by atoms with E-state index in [-0.39, 0.29) is 11.3 Å². The van der Waals surface area contributed by atoms with Crippen LogP contribution in [0.2, 0.25) is 0 Å². The fourth-order valence-electron chi connectivity index (χ4n) is 3.30. The smallest absolute Gasteiger partial charge is 0.259 e. The maximum absolute atomic E-state index is 13.2. The van der Waals surface area contributed by atoms with Gasteiger partial charge in [-0.2, -0.15) is 5.10 Å². The number of carbonyl (C=O) groups excluding carboxylic acids is 1. The van der Waals surface area contributed by atoms with Crippen molar-refractivity contribution in [3.05, 3.63) is 72.1 Å². The van der Waals surface area contributed by atoms with E-state index in [0.717, 1.165) is 22.2 Å². The van der Waals surface area contributed by atoms with E-state index in [1.807, 2.05) is 36.4 Å². The fourth-order valence-corrected chi connectivity index (χ4v) is 3.30. The molecule has 0 saturated carbocycles. The lowest BCUT2D eigenvalue weighted by atomic mass is 9.87. The lowest BCUT2D eigenvalue weighted by molar-refractivity contribution is 0.102.